The SMILES string of the molecule is C[C@H]1NC(=NCCC[C@H](N)C(=O)O)NC1=O. The minimum Gasteiger partial charge on any atom is -0.480 e. The predicted octanol–water partition coefficient (Wildman–Crippen LogP) is -1.36. The molecule has 1 amide bonds. The van der Waals surface area contributed by atoms with Crippen molar-refractivity contribution in [3.05, 3.63) is 0 Å². The Morgan fingerprint density at radius 2 is 2.38 bits per heavy atom. The van der Waals surface area contributed by atoms with Gasteiger partial charge in [0.2, 0.25) is 5.91 Å². The van der Waals surface area contributed by atoms with Gasteiger partial charge in [-0.1, -0.05) is 0 Å². The minimum absolute atomic E-state index is 0.110. The molecule has 1 aliphatic heterocycles. The van der Waals surface area contributed by atoms with Gasteiger partial charge in [0.1, 0.15) is 12.1 Å². The van der Waals surface area contributed by atoms with Crippen LogP contribution in [0.1, 0.15) is 19.8 Å². The van der Waals surface area contributed by atoms with Crippen molar-refractivity contribution >= 4 is 17.8 Å². The maximum Gasteiger partial charge on any atom is 0.320 e. The zero-order valence-corrected chi connectivity index (χ0v) is 9.06. The standard InChI is InChI=1S/C9H16N4O3/c1-5-7(14)13-9(12-5)11-4-2-3-6(10)8(15)16/h5-6H,2-4,10H2,1H3,(H,15,16)(H2,11,12,13,14)/t5-,6+/m1/s1. The van der Waals surface area contributed by atoms with Crippen LogP contribution in [0.4, 0.5) is 0 Å². The van der Waals surface area contributed by atoms with Gasteiger partial charge in [-0.25, -0.2) is 0 Å². The van der Waals surface area contributed by atoms with Crippen molar-refractivity contribution in [3.63, 3.8) is 0 Å². The second-order valence-electron chi connectivity index (χ2n) is 3.67. The third kappa shape index (κ3) is 3.50. The number of guanidine groups is 1. The molecule has 1 heterocycles. The molecule has 1 fully saturated rings. The molecule has 16 heavy (non-hydrogen) atoms. The van der Waals surface area contributed by atoms with Crippen LogP contribution >= 0.6 is 0 Å². The third-order valence-corrected chi connectivity index (χ3v) is 2.25. The van der Waals surface area contributed by atoms with Gasteiger partial charge < -0.3 is 16.2 Å². The molecule has 7 nitrogen and oxygen atoms in total. The lowest BCUT2D eigenvalue weighted by atomic mass is 10.2. The number of aliphatic imine (C=N–C) groups is 1. The van der Waals surface area contributed by atoms with Gasteiger partial charge in [0.05, 0.1) is 0 Å². The highest BCUT2D eigenvalue weighted by Crippen LogP contribution is 1.97. The Kier molecular flexibility index (Phi) is 4.24. The number of rotatable bonds is 5. The summed E-state index contributed by atoms with van der Waals surface area (Å²) in [5.74, 6) is -0.670. The first-order chi connectivity index (χ1) is 7.50. The van der Waals surface area contributed by atoms with Crippen molar-refractivity contribution < 1.29 is 14.7 Å². The fraction of sp³-hybridized carbons (Fsp3) is 0.667. The van der Waals surface area contributed by atoms with Crippen molar-refractivity contribution in [3.8, 4) is 0 Å². The van der Waals surface area contributed by atoms with Crippen LogP contribution in [-0.4, -0.2) is 41.6 Å². The van der Waals surface area contributed by atoms with E-state index in [0.717, 1.165) is 0 Å². The zero-order chi connectivity index (χ0) is 12.1. The Labute approximate surface area is 93.1 Å². The van der Waals surface area contributed by atoms with Crippen molar-refractivity contribution in [1.82, 2.24) is 10.6 Å². The molecule has 0 aromatic heterocycles. The smallest absolute Gasteiger partial charge is 0.320 e. The third-order valence-electron chi connectivity index (χ3n) is 2.25. The summed E-state index contributed by atoms with van der Waals surface area (Å²) < 4.78 is 0. The Morgan fingerprint density at radius 1 is 1.69 bits per heavy atom. The number of hydrogen-bond donors (Lipinski definition) is 4. The van der Waals surface area contributed by atoms with E-state index in [1.807, 2.05) is 0 Å². The van der Waals surface area contributed by atoms with Crippen molar-refractivity contribution in [2.45, 2.75) is 31.8 Å². The van der Waals surface area contributed by atoms with E-state index in [0.29, 0.717) is 25.3 Å². The second kappa shape index (κ2) is 5.45. The number of amides is 1. The summed E-state index contributed by atoms with van der Waals surface area (Å²) in [5, 5.41) is 14.0. The Bertz CT molecular complexity index is 316. The average molecular weight is 228 g/mol. The number of carbonyl (C=O) groups excluding carboxylic acids is 1. The van der Waals surface area contributed by atoms with Crippen LogP contribution in [0.15, 0.2) is 4.99 Å². The molecule has 0 spiro atoms. The van der Waals surface area contributed by atoms with Gasteiger partial charge in [0.25, 0.3) is 0 Å². The van der Waals surface area contributed by atoms with E-state index in [1.54, 1.807) is 6.92 Å². The highest BCUT2D eigenvalue weighted by Gasteiger charge is 2.23. The first-order valence-corrected chi connectivity index (χ1v) is 5.11. The minimum atomic E-state index is -1.01. The molecule has 0 unspecified atom stereocenters. The van der Waals surface area contributed by atoms with Gasteiger partial charge in [0.15, 0.2) is 5.96 Å². The summed E-state index contributed by atoms with van der Waals surface area (Å²) in [6, 6.07) is -1.11. The van der Waals surface area contributed by atoms with Crippen LogP contribution in [0.2, 0.25) is 0 Å². The summed E-state index contributed by atoms with van der Waals surface area (Å²) >= 11 is 0. The van der Waals surface area contributed by atoms with E-state index in [-0.39, 0.29) is 11.9 Å². The van der Waals surface area contributed by atoms with Gasteiger partial charge >= 0.3 is 5.97 Å². The van der Waals surface area contributed by atoms with Crippen LogP contribution in [0.3, 0.4) is 0 Å². The molecule has 7 heteroatoms. The first-order valence-electron chi connectivity index (χ1n) is 5.11. The molecule has 0 aliphatic carbocycles. The fourth-order valence-corrected chi connectivity index (χ4v) is 1.24. The highest BCUT2D eigenvalue weighted by atomic mass is 16.4. The average Bonchev–Trinajstić information content (AvgIpc) is 2.53. The topological polar surface area (TPSA) is 117 Å². The number of carboxylic acids is 1. The molecule has 0 radical (unpaired) electrons. The molecular weight excluding hydrogens is 212 g/mol. The van der Waals surface area contributed by atoms with E-state index in [2.05, 4.69) is 15.6 Å². The Hall–Kier alpha value is -1.63. The summed E-state index contributed by atoms with van der Waals surface area (Å²) in [7, 11) is 0. The van der Waals surface area contributed by atoms with E-state index in [4.69, 9.17) is 10.8 Å². The fourth-order valence-electron chi connectivity index (χ4n) is 1.24. The van der Waals surface area contributed by atoms with Crippen LogP contribution < -0.4 is 16.4 Å². The largest absolute Gasteiger partial charge is 0.480 e. The summed E-state index contributed by atoms with van der Waals surface area (Å²) in [6.07, 6.45) is 0.943. The van der Waals surface area contributed by atoms with Crippen molar-refractivity contribution in [2.75, 3.05) is 6.54 Å². The molecule has 0 saturated carbocycles. The lowest BCUT2D eigenvalue weighted by Crippen LogP contribution is -2.30. The van der Waals surface area contributed by atoms with Crippen LogP contribution in [0.25, 0.3) is 0 Å². The number of nitrogens with two attached hydrogens (primary N) is 1. The molecule has 0 aromatic carbocycles. The number of carboxylic acid groups (broad SMARTS) is 1. The first kappa shape index (κ1) is 12.4. The van der Waals surface area contributed by atoms with E-state index in [1.165, 1.54) is 0 Å². The molecule has 90 valence electrons. The normalized spacial score (nSPS) is 24.0. The Balaban J connectivity index is 2.23. The quantitative estimate of drug-likeness (QED) is 0.434. The zero-order valence-electron chi connectivity index (χ0n) is 9.06. The van der Waals surface area contributed by atoms with E-state index < -0.39 is 12.0 Å². The number of hydrogen-bond acceptors (Lipinski definition) is 4. The summed E-state index contributed by atoms with van der Waals surface area (Å²) in [5.41, 5.74) is 5.32. The molecule has 2 atom stereocenters. The van der Waals surface area contributed by atoms with Crippen LogP contribution in [0, 0.1) is 0 Å². The monoisotopic (exact) mass is 228 g/mol. The van der Waals surface area contributed by atoms with E-state index >= 15 is 0 Å². The van der Waals surface area contributed by atoms with Gasteiger partial charge in [0, 0.05) is 6.54 Å². The van der Waals surface area contributed by atoms with E-state index in [9.17, 15) is 9.59 Å². The number of aliphatic carboxylic acids is 1. The number of nitrogens with zero attached hydrogens (tertiary/aromatic N) is 1. The molecule has 1 rings (SSSR count). The van der Waals surface area contributed by atoms with Gasteiger partial charge in [-0.3, -0.25) is 19.9 Å². The van der Waals surface area contributed by atoms with Crippen LogP contribution in [-0.2, 0) is 9.59 Å². The predicted molar refractivity (Wildman–Crippen MR) is 57.9 cm³/mol. The van der Waals surface area contributed by atoms with Crippen LogP contribution in [0.5, 0.6) is 0 Å². The highest BCUT2D eigenvalue weighted by molar-refractivity contribution is 6.06. The Morgan fingerprint density at radius 3 is 2.88 bits per heavy atom. The molecule has 1 saturated heterocycles. The summed E-state index contributed by atoms with van der Waals surface area (Å²) in [6.45, 7) is 2.18. The molecule has 0 bridgehead atoms. The number of nitrogens with one attached hydrogen (secondary N) is 2. The maximum absolute atomic E-state index is 11.1. The molecular formula is C9H16N4O3. The van der Waals surface area contributed by atoms with Gasteiger partial charge in [-0.05, 0) is 19.8 Å². The second-order valence-corrected chi connectivity index (χ2v) is 3.67. The lowest BCUT2D eigenvalue weighted by molar-refractivity contribution is -0.138. The lowest BCUT2D eigenvalue weighted by Gasteiger charge is -2.04. The van der Waals surface area contributed by atoms with Gasteiger partial charge in [-0.15, -0.1) is 0 Å². The van der Waals surface area contributed by atoms with Gasteiger partial charge in [-0.2, -0.15) is 0 Å². The number of carbonyl (C=O) groups is 2. The summed E-state index contributed by atoms with van der Waals surface area (Å²) in [4.78, 5) is 25.5. The van der Waals surface area contributed by atoms with Crippen molar-refractivity contribution in [2.24, 2.45) is 10.7 Å². The molecule has 1 aliphatic rings. The maximum atomic E-state index is 11.1. The molecule has 0 aromatic rings. The molecule has 5 N–H and O–H groups in total. The van der Waals surface area contributed by atoms with Crippen molar-refractivity contribution in [1.29, 1.82) is 0 Å².